The fourth-order valence-electron chi connectivity index (χ4n) is 1.63. The second-order valence-corrected chi connectivity index (χ2v) is 3.58. The summed E-state index contributed by atoms with van der Waals surface area (Å²) in [5, 5.41) is 4.76. The molecule has 0 aliphatic heterocycles. The standard InChI is InChI=1S/C13H14N2O2/c14-8-9-17-13(16)15-12-7-3-5-10-4-1-2-6-11(10)12/h1-7H,8-9,14H2,(H,15,16). The molecule has 0 unspecified atom stereocenters. The van der Waals surface area contributed by atoms with E-state index in [4.69, 9.17) is 10.5 Å². The molecule has 88 valence electrons. The first kappa shape index (κ1) is 11.4. The predicted octanol–water partition coefficient (Wildman–Crippen LogP) is 2.35. The number of amides is 1. The summed E-state index contributed by atoms with van der Waals surface area (Å²) in [6.07, 6.45) is -0.480. The average Bonchev–Trinajstić information content (AvgIpc) is 2.37. The predicted molar refractivity (Wildman–Crippen MR) is 68.0 cm³/mol. The second kappa shape index (κ2) is 5.32. The van der Waals surface area contributed by atoms with E-state index in [1.165, 1.54) is 0 Å². The summed E-state index contributed by atoms with van der Waals surface area (Å²) in [7, 11) is 0. The number of carbonyl (C=O) groups excluding carboxylic acids is 1. The quantitative estimate of drug-likeness (QED) is 0.850. The third-order valence-corrected chi connectivity index (χ3v) is 2.38. The van der Waals surface area contributed by atoms with Crippen molar-refractivity contribution in [3.63, 3.8) is 0 Å². The Balaban J connectivity index is 2.21. The Labute approximate surface area is 99.4 Å². The van der Waals surface area contributed by atoms with E-state index in [9.17, 15) is 4.79 Å². The summed E-state index contributed by atoms with van der Waals surface area (Å²) in [5.74, 6) is 0. The molecule has 0 aromatic heterocycles. The van der Waals surface area contributed by atoms with Gasteiger partial charge in [-0.25, -0.2) is 4.79 Å². The lowest BCUT2D eigenvalue weighted by Crippen LogP contribution is -2.18. The molecule has 0 spiro atoms. The molecule has 0 radical (unpaired) electrons. The third-order valence-electron chi connectivity index (χ3n) is 2.38. The summed E-state index contributed by atoms with van der Waals surface area (Å²) in [5.41, 5.74) is 6.00. The number of nitrogens with one attached hydrogen (secondary N) is 1. The first-order chi connectivity index (χ1) is 8.31. The summed E-state index contributed by atoms with van der Waals surface area (Å²) >= 11 is 0. The Morgan fingerprint density at radius 2 is 1.94 bits per heavy atom. The second-order valence-electron chi connectivity index (χ2n) is 3.58. The minimum absolute atomic E-state index is 0.219. The maximum absolute atomic E-state index is 11.4. The van der Waals surface area contributed by atoms with Crippen LogP contribution in [0.5, 0.6) is 0 Å². The fourth-order valence-corrected chi connectivity index (χ4v) is 1.63. The number of ether oxygens (including phenoxy) is 1. The van der Waals surface area contributed by atoms with E-state index in [2.05, 4.69) is 5.32 Å². The molecule has 1 amide bonds. The number of carbonyl (C=O) groups is 1. The van der Waals surface area contributed by atoms with Gasteiger partial charge >= 0.3 is 6.09 Å². The molecule has 0 saturated heterocycles. The molecule has 0 atom stereocenters. The molecule has 2 rings (SSSR count). The molecule has 0 aliphatic rings. The zero-order valence-corrected chi connectivity index (χ0v) is 9.35. The first-order valence-corrected chi connectivity index (χ1v) is 5.43. The highest BCUT2D eigenvalue weighted by Gasteiger charge is 2.05. The Morgan fingerprint density at radius 1 is 1.18 bits per heavy atom. The summed E-state index contributed by atoms with van der Waals surface area (Å²) in [6, 6.07) is 13.6. The van der Waals surface area contributed by atoms with Crippen molar-refractivity contribution >= 4 is 22.6 Å². The SMILES string of the molecule is NCCOC(=O)Nc1cccc2ccccc12. The van der Waals surface area contributed by atoms with E-state index in [0.29, 0.717) is 6.54 Å². The van der Waals surface area contributed by atoms with Crippen LogP contribution in [0.2, 0.25) is 0 Å². The van der Waals surface area contributed by atoms with Crippen molar-refractivity contribution in [1.29, 1.82) is 0 Å². The van der Waals surface area contributed by atoms with Gasteiger partial charge in [0.25, 0.3) is 0 Å². The molecule has 0 fully saturated rings. The van der Waals surface area contributed by atoms with Crippen molar-refractivity contribution in [2.45, 2.75) is 0 Å². The zero-order valence-electron chi connectivity index (χ0n) is 9.35. The van der Waals surface area contributed by atoms with E-state index in [0.717, 1.165) is 16.5 Å². The molecule has 2 aromatic carbocycles. The van der Waals surface area contributed by atoms with Gasteiger partial charge in [0.15, 0.2) is 0 Å². The van der Waals surface area contributed by atoms with Crippen LogP contribution in [0, 0.1) is 0 Å². The Hall–Kier alpha value is -2.07. The molecule has 17 heavy (non-hydrogen) atoms. The number of hydrogen-bond donors (Lipinski definition) is 2. The minimum atomic E-state index is -0.480. The molecular weight excluding hydrogens is 216 g/mol. The van der Waals surface area contributed by atoms with Crippen LogP contribution in [-0.4, -0.2) is 19.2 Å². The van der Waals surface area contributed by atoms with Gasteiger partial charge in [0, 0.05) is 11.9 Å². The Morgan fingerprint density at radius 3 is 2.76 bits per heavy atom. The molecule has 0 aliphatic carbocycles. The molecule has 4 nitrogen and oxygen atoms in total. The van der Waals surface area contributed by atoms with Crippen molar-refractivity contribution in [3.05, 3.63) is 42.5 Å². The highest BCUT2D eigenvalue weighted by Crippen LogP contribution is 2.22. The fraction of sp³-hybridized carbons (Fsp3) is 0.154. The van der Waals surface area contributed by atoms with Crippen molar-refractivity contribution in [1.82, 2.24) is 0 Å². The largest absolute Gasteiger partial charge is 0.448 e. The molecule has 0 bridgehead atoms. The van der Waals surface area contributed by atoms with E-state index < -0.39 is 6.09 Å². The van der Waals surface area contributed by atoms with Crippen LogP contribution in [0.1, 0.15) is 0 Å². The number of rotatable bonds is 3. The van der Waals surface area contributed by atoms with Crippen LogP contribution in [-0.2, 0) is 4.74 Å². The summed E-state index contributed by atoms with van der Waals surface area (Å²) in [6.45, 7) is 0.541. The lowest BCUT2D eigenvalue weighted by molar-refractivity contribution is 0.165. The van der Waals surface area contributed by atoms with Crippen LogP contribution >= 0.6 is 0 Å². The zero-order chi connectivity index (χ0) is 12.1. The van der Waals surface area contributed by atoms with Gasteiger partial charge in [0.1, 0.15) is 6.61 Å². The molecule has 0 saturated carbocycles. The normalized spacial score (nSPS) is 10.2. The van der Waals surface area contributed by atoms with Gasteiger partial charge in [0.05, 0.1) is 5.69 Å². The molecule has 2 aromatic rings. The Kier molecular flexibility index (Phi) is 3.57. The van der Waals surface area contributed by atoms with E-state index >= 15 is 0 Å². The van der Waals surface area contributed by atoms with Crippen molar-refractivity contribution in [3.8, 4) is 0 Å². The monoisotopic (exact) mass is 230 g/mol. The van der Waals surface area contributed by atoms with Crippen molar-refractivity contribution in [2.75, 3.05) is 18.5 Å². The van der Waals surface area contributed by atoms with Gasteiger partial charge in [-0.05, 0) is 11.5 Å². The number of nitrogens with two attached hydrogens (primary N) is 1. The van der Waals surface area contributed by atoms with E-state index in [1.807, 2.05) is 42.5 Å². The number of hydrogen-bond acceptors (Lipinski definition) is 3. The number of anilines is 1. The number of fused-ring (bicyclic) bond motifs is 1. The molecular formula is C13H14N2O2. The molecule has 4 heteroatoms. The maximum Gasteiger partial charge on any atom is 0.411 e. The summed E-state index contributed by atoms with van der Waals surface area (Å²) in [4.78, 5) is 11.4. The van der Waals surface area contributed by atoms with Crippen LogP contribution in [0.4, 0.5) is 10.5 Å². The molecule has 3 N–H and O–H groups in total. The third kappa shape index (κ3) is 2.73. The van der Waals surface area contributed by atoms with Gasteiger partial charge in [0.2, 0.25) is 0 Å². The van der Waals surface area contributed by atoms with Gasteiger partial charge in [-0.1, -0.05) is 36.4 Å². The topological polar surface area (TPSA) is 64.3 Å². The lowest BCUT2D eigenvalue weighted by Gasteiger charge is -2.08. The smallest absolute Gasteiger partial charge is 0.411 e. The summed E-state index contributed by atoms with van der Waals surface area (Å²) < 4.78 is 4.87. The van der Waals surface area contributed by atoms with Crippen molar-refractivity contribution < 1.29 is 9.53 Å². The maximum atomic E-state index is 11.4. The van der Waals surface area contributed by atoms with E-state index in [1.54, 1.807) is 0 Å². The van der Waals surface area contributed by atoms with Gasteiger partial charge in [-0.15, -0.1) is 0 Å². The Bertz CT molecular complexity index is 520. The molecule has 0 heterocycles. The lowest BCUT2D eigenvalue weighted by atomic mass is 10.1. The minimum Gasteiger partial charge on any atom is -0.448 e. The van der Waals surface area contributed by atoms with E-state index in [-0.39, 0.29) is 6.61 Å². The van der Waals surface area contributed by atoms with Crippen LogP contribution in [0.15, 0.2) is 42.5 Å². The number of benzene rings is 2. The van der Waals surface area contributed by atoms with Gasteiger partial charge < -0.3 is 10.5 Å². The van der Waals surface area contributed by atoms with Gasteiger partial charge in [-0.3, -0.25) is 5.32 Å². The van der Waals surface area contributed by atoms with Gasteiger partial charge in [-0.2, -0.15) is 0 Å². The highest BCUT2D eigenvalue weighted by atomic mass is 16.5. The first-order valence-electron chi connectivity index (χ1n) is 5.43. The highest BCUT2D eigenvalue weighted by molar-refractivity contribution is 6.00. The van der Waals surface area contributed by atoms with Crippen LogP contribution in [0.3, 0.4) is 0 Å². The van der Waals surface area contributed by atoms with Crippen LogP contribution in [0.25, 0.3) is 10.8 Å². The average molecular weight is 230 g/mol. The van der Waals surface area contributed by atoms with Crippen LogP contribution < -0.4 is 11.1 Å². The van der Waals surface area contributed by atoms with Crippen molar-refractivity contribution in [2.24, 2.45) is 5.73 Å².